The van der Waals surface area contributed by atoms with Crippen LogP contribution >= 0.6 is 11.3 Å². The Labute approximate surface area is 65.7 Å². The van der Waals surface area contributed by atoms with Crippen molar-refractivity contribution < 1.29 is 0 Å². The molecule has 0 radical (unpaired) electrons. The van der Waals surface area contributed by atoms with Gasteiger partial charge in [0.05, 0.1) is 10.9 Å². The van der Waals surface area contributed by atoms with E-state index in [1.165, 1.54) is 11.3 Å². The summed E-state index contributed by atoms with van der Waals surface area (Å²) in [6, 6.07) is 0. The number of nitrogens with zero attached hydrogens (tertiary/aromatic N) is 1. The summed E-state index contributed by atoms with van der Waals surface area (Å²) < 4.78 is 0. The van der Waals surface area contributed by atoms with Crippen molar-refractivity contribution in [1.29, 1.82) is 0 Å². The number of aromatic nitrogens is 2. The van der Waals surface area contributed by atoms with Crippen molar-refractivity contribution in [1.82, 2.24) is 9.97 Å². The van der Waals surface area contributed by atoms with Crippen LogP contribution in [0.15, 0.2) is 15.6 Å². The Morgan fingerprint density at radius 1 is 1.55 bits per heavy atom. The maximum atomic E-state index is 10.8. The van der Waals surface area contributed by atoms with Crippen LogP contribution in [0.3, 0.4) is 0 Å². The molecular weight excluding hydrogens is 162 g/mol. The van der Waals surface area contributed by atoms with E-state index in [-0.39, 0.29) is 0 Å². The van der Waals surface area contributed by atoms with Gasteiger partial charge in [0.15, 0.2) is 0 Å². The highest BCUT2D eigenvalue weighted by atomic mass is 32.1. The van der Waals surface area contributed by atoms with Crippen molar-refractivity contribution in [2.24, 2.45) is 0 Å². The Morgan fingerprint density at radius 2 is 2.36 bits per heavy atom. The lowest BCUT2D eigenvalue weighted by atomic mass is 10.4. The van der Waals surface area contributed by atoms with Crippen LogP contribution in [0.25, 0.3) is 10.9 Å². The molecule has 2 rings (SSSR count). The molecule has 0 fully saturated rings. The maximum Gasteiger partial charge on any atom is 0.347 e. The Hall–Kier alpha value is -1.36. The van der Waals surface area contributed by atoms with Gasteiger partial charge in [-0.05, 0) is 0 Å². The number of aromatic amines is 1. The fourth-order valence-corrected chi connectivity index (χ4v) is 1.68. The van der Waals surface area contributed by atoms with Gasteiger partial charge in [0.1, 0.15) is 5.82 Å². The maximum absolute atomic E-state index is 10.8. The van der Waals surface area contributed by atoms with E-state index < -0.39 is 5.69 Å². The Bertz CT molecular complexity index is 444. The van der Waals surface area contributed by atoms with E-state index >= 15 is 0 Å². The molecule has 0 unspecified atom stereocenters. The topological polar surface area (TPSA) is 71.8 Å². The summed E-state index contributed by atoms with van der Waals surface area (Å²) >= 11 is 1.49. The molecule has 0 spiro atoms. The SMILES string of the molecule is Nc1nc(=O)[nH]c2cscc12. The molecular formula is C6H5N3OS. The molecule has 4 nitrogen and oxygen atoms in total. The van der Waals surface area contributed by atoms with E-state index in [9.17, 15) is 4.79 Å². The van der Waals surface area contributed by atoms with E-state index in [4.69, 9.17) is 5.73 Å². The van der Waals surface area contributed by atoms with Crippen molar-refractivity contribution in [2.45, 2.75) is 0 Å². The molecule has 2 heterocycles. The minimum Gasteiger partial charge on any atom is -0.383 e. The lowest BCUT2D eigenvalue weighted by Crippen LogP contribution is -2.11. The largest absolute Gasteiger partial charge is 0.383 e. The highest BCUT2D eigenvalue weighted by Crippen LogP contribution is 2.18. The summed E-state index contributed by atoms with van der Waals surface area (Å²) in [5.74, 6) is 0.296. The highest BCUT2D eigenvalue weighted by Gasteiger charge is 2.00. The average Bonchev–Trinajstić information content (AvgIpc) is 2.34. The van der Waals surface area contributed by atoms with Crippen molar-refractivity contribution in [3.63, 3.8) is 0 Å². The second-order valence-electron chi connectivity index (χ2n) is 2.13. The number of H-pyrrole nitrogens is 1. The number of rotatable bonds is 0. The number of anilines is 1. The fraction of sp³-hybridized carbons (Fsp3) is 0. The van der Waals surface area contributed by atoms with Gasteiger partial charge in [-0.1, -0.05) is 0 Å². The summed E-state index contributed by atoms with van der Waals surface area (Å²) in [6.45, 7) is 0. The summed E-state index contributed by atoms with van der Waals surface area (Å²) in [5.41, 5.74) is 5.84. The monoisotopic (exact) mass is 167 g/mol. The van der Waals surface area contributed by atoms with Crippen LogP contribution in [-0.4, -0.2) is 9.97 Å². The Kier molecular flexibility index (Phi) is 1.19. The van der Waals surface area contributed by atoms with E-state index in [1.54, 1.807) is 0 Å². The van der Waals surface area contributed by atoms with Gasteiger partial charge < -0.3 is 10.7 Å². The zero-order valence-electron chi connectivity index (χ0n) is 5.50. The quantitative estimate of drug-likeness (QED) is 0.602. The van der Waals surface area contributed by atoms with Gasteiger partial charge in [-0.3, -0.25) is 0 Å². The zero-order valence-corrected chi connectivity index (χ0v) is 6.31. The van der Waals surface area contributed by atoms with E-state index in [0.717, 1.165) is 10.9 Å². The van der Waals surface area contributed by atoms with E-state index in [2.05, 4.69) is 9.97 Å². The summed E-state index contributed by atoms with van der Waals surface area (Å²) in [6.07, 6.45) is 0. The van der Waals surface area contributed by atoms with Gasteiger partial charge in [0, 0.05) is 10.8 Å². The van der Waals surface area contributed by atoms with Crippen LogP contribution in [0.4, 0.5) is 5.82 Å². The van der Waals surface area contributed by atoms with Gasteiger partial charge >= 0.3 is 5.69 Å². The van der Waals surface area contributed by atoms with Crippen LogP contribution < -0.4 is 11.4 Å². The van der Waals surface area contributed by atoms with Crippen molar-refractivity contribution in [2.75, 3.05) is 5.73 Å². The standard InChI is InChI=1S/C6H5N3OS/c7-5-3-1-11-2-4(3)8-6(10)9-5/h1-2H,(H3,7,8,9,10). The van der Waals surface area contributed by atoms with Crippen molar-refractivity contribution in [3.8, 4) is 0 Å². The Balaban J connectivity index is 3.02. The second-order valence-corrected chi connectivity index (χ2v) is 2.87. The third-order valence-electron chi connectivity index (χ3n) is 1.40. The summed E-state index contributed by atoms with van der Waals surface area (Å²) in [5, 5.41) is 4.50. The third kappa shape index (κ3) is 0.894. The van der Waals surface area contributed by atoms with Gasteiger partial charge in [0.2, 0.25) is 0 Å². The number of thiophene rings is 1. The molecule has 0 aliphatic heterocycles. The van der Waals surface area contributed by atoms with Crippen LogP contribution in [-0.2, 0) is 0 Å². The van der Waals surface area contributed by atoms with Gasteiger partial charge in [-0.15, -0.1) is 11.3 Å². The van der Waals surface area contributed by atoms with Gasteiger partial charge in [-0.25, -0.2) is 4.79 Å². The predicted molar refractivity (Wildman–Crippen MR) is 44.7 cm³/mol. The first-order valence-corrected chi connectivity index (χ1v) is 3.93. The minimum atomic E-state index is -0.395. The second kappa shape index (κ2) is 2.06. The first-order chi connectivity index (χ1) is 5.27. The number of fused-ring (bicyclic) bond motifs is 1. The smallest absolute Gasteiger partial charge is 0.347 e. The highest BCUT2D eigenvalue weighted by molar-refractivity contribution is 7.09. The molecule has 0 aromatic carbocycles. The first-order valence-electron chi connectivity index (χ1n) is 2.99. The number of nitrogens with one attached hydrogen (secondary N) is 1. The number of hydrogen-bond acceptors (Lipinski definition) is 4. The molecule has 0 atom stereocenters. The molecule has 0 saturated carbocycles. The van der Waals surface area contributed by atoms with Crippen LogP contribution in [0.5, 0.6) is 0 Å². The number of nitrogens with two attached hydrogens (primary N) is 1. The molecule has 2 aromatic rings. The zero-order chi connectivity index (χ0) is 7.84. The van der Waals surface area contributed by atoms with E-state index in [1.807, 2.05) is 10.8 Å². The predicted octanol–water partition coefficient (Wildman–Crippen LogP) is 0.567. The molecule has 0 aliphatic carbocycles. The number of hydrogen-bond donors (Lipinski definition) is 2. The lowest BCUT2D eigenvalue weighted by Gasteiger charge is -1.91. The number of nitrogen functional groups attached to an aromatic ring is 1. The van der Waals surface area contributed by atoms with Crippen LogP contribution in [0.1, 0.15) is 0 Å². The summed E-state index contributed by atoms with van der Waals surface area (Å²) in [4.78, 5) is 16.9. The normalized spacial score (nSPS) is 10.5. The van der Waals surface area contributed by atoms with Crippen LogP contribution in [0.2, 0.25) is 0 Å². The fourth-order valence-electron chi connectivity index (χ4n) is 0.905. The molecule has 11 heavy (non-hydrogen) atoms. The Morgan fingerprint density at radius 3 is 3.18 bits per heavy atom. The van der Waals surface area contributed by atoms with Gasteiger partial charge in [0.25, 0.3) is 0 Å². The molecule has 0 bridgehead atoms. The molecule has 0 amide bonds. The summed E-state index contributed by atoms with van der Waals surface area (Å²) in [7, 11) is 0. The van der Waals surface area contributed by atoms with Crippen molar-refractivity contribution >= 4 is 28.1 Å². The molecule has 0 saturated heterocycles. The molecule has 56 valence electrons. The van der Waals surface area contributed by atoms with Crippen molar-refractivity contribution in [3.05, 3.63) is 21.2 Å². The third-order valence-corrected chi connectivity index (χ3v) is 2.15. The lowest BCUT2D eigenvalue weighted by molar-refractivity contribution is 1.13. The molecule has 5 heteroatoms. The average molecular weight is 167 g/mol. The molecule has 2 aromatic heterocycles. The van der Waals surface area contributed by atoms with Crippen LogP contribution in [0, 0.1) is 0 Å². The minimum absolute atomic E-state index is 0.296. The van der Waals surface area contributed by atoms with E-state index in [0.29, 0.717) is 5.82 Å². The van der Waals surface area contributed by atoms with Gasteiger partial charge in [-0.2, -0.15) is 4.98 Å². The molecule has 0 aliphatic rings. The molecule has 3 N–H and O–H groups in total. The first kappa shape index (κ1) is 6.36.